The first-order valence-corrected chi connectivity index (χ1v) is 10.7. The predicted molar refractivity (Wildman–Crippen MR) is 116 cm³/mol. The molecule has 3 rings (SSSR count). The highest BCUT2D eigenvalue weighted by molar-refractivity contribution is 5.48. The minimum absolute atomic E-state index is 0.326. The smallest absolute Gasteiger partial charge is 0.0805 e. The maximum Gasteiger partial charge on any atom is 0.0805 e. The number of hydrogen-bond acceptors (Lipinski definition) is 0. The topological polar surface area (TPSA) is 0 Å². The first-order valence-electron chi connectivity index (χ1n) is 10.7. The second kappa shape index (κ2) is 9.15. The van der Waals surface area contributed by atoms with E-state index in [1.807, 2.05) is 0 Å². The summed E-state index contributed by atoms with van der Waals surface area (Å²) in [6, 6.07) is 8.63. The zero-order chi connectivity index (χ0) is 19.1. The van der Waals surface area contributed by atoms with Crippen LogP contribution in [0.1, 0.15) is 69.9 Å². The van der Waals surface area contributed by atoms with Gasteiger partial charge in [0.05, 0.1) is 5.41 Å². The van der Waals surface area contributed by atoms with Crippen molar-refractivity contribution in [1.82, 2.24) is 0 Å². The average molecular weight is 357 g/mol. The molecule has 0 bridgehead atoms. The van der Waals surface area contributed by atoms with Gasteiger partial charge in [0.25, 0.3) is 0 Å². The van der Waals surface area contributed by atoms with Crippen LogP contribution in [-0.4, -0.2) is 0 Å². The zero-order valence-electron chi connectivity index (χ0n) is 16.9. The Kier molecular flexibility index (Phi) is 6.63. The number of benzene rings is 1. The van der Waals surface area contributed by atoms with Crippen molar-refractivity contribution in [3.8, 4) is 24.2 Å². The van der Waals surface area contributed by atoms with Crippen LogP contribution in [0.15, 0.2) is 48.6 Å². The summed E-state index contributed by atoms with van der Waals surface area (Å²) in [4.78, 5) is 0. The lowest BCUT2D eigenvalue weighted by molar-refractivity contribution is 0.300. The van der Waals surface area contributed by atoms with E-state index in [-0.39, 0.29) is 5.41 Å². The molecular weight excluding hydrogens is 324 g/mol. The molecule has 1 aromatic rings. The van der Waals surface area contributed by atoms with Gasteiger partial charge in [-0.3, -0.25) is 0 Å². The molecule has 0 nitrogen and oxygen atoms in total. The molecule has 2 aliphatic carbocycles. The van der Waals surface area contributed by atoms with E-state index in [9.17, 15) is 0 Å². The molecule has 0 saturated heterocycles. The van der Waals surface area contributed by atoms with Crippen molar-refractivity contribution in [1.29, 1.82) is 0 Å². The first-order chi connectivity index (χ1) is 13.2. The van der Waals surface area contributed by atoms with Crippen LogP contribution in [0.25, 0.3) is 0 Å². The van der Waals surface area contributed by atoms with Crippen molar-refractivity contribution in [3.05, 3.63) is 59.7 Å². The molecule has 0 radical (unpaired) electrons. The van der Waals surface area contributed by atoms with Crippen LogP contribution in [0.4, 0.5) is 0 Å². The van der Waals surface area contributed by atoms with Crippen LogP contribution in [0.5, 0.6) is 0 Å². The molecule has 2 atom stereocenters. The van der Waals surface area contributed by atoms with Crippen molar-refractivity contribution in [2.75, 3.05) is 0 Å². The fourth-order valence-electron chi connectivity index (χ4n) is 4.71. The Labute approximate surface area is 166 Å². The molecule has 2 aliphatic rings. The largest absolute Gasteiger partial charge is 0.119 e. The van der Waals surface area contributed by atoms with Crippen molar-refractivity contribution >= 4 is 0 Å². The third-order valence-corrected chi connectivity index (χ3v) is 6.40. The molecule has 2 unspecified atom stereocenters. The fraction of sp³-hybridized carbons (Fsp3) is 0.481. The minimum Gasteiger partial charge on any atom is -0.119 e. The molecule has 0 heteroatoms. The quantitative estimate of drug-likeness (QED) is 0.529. The third kappa shape index (κ3) is 4.39. The molecule has 0 spiro atoms. The zero-order valence-corrected chi connectivity index (χ0v) is 16.9. The summed E-state index contributed by atoms with van der Waals surface area (Å²) in [5, 5.41) is 0. The van der Waals surface area contributed by atoms with Gasteiger partial charge in [-0.1, -0.05) is 80.9 Å². The summed E-state index contributed by atoms with van der Waals surface area (Å²) in [5.74, 6) is 11.9. The Morgan fingerprint density at radius 2 is 1.78 bits per heavy atom. The molecule has 0 aromatic heterocycles. The van der Waals surface area contributed by atoms with E-state index in [4.69, 9.17) is 6.42 Å². The highest BCUT2D eigenvalue weighted by Gasteiger charge is 2.35. The second-order valence-electron chi connectivity index (χ2n) is 8.13. The lowest BCUT2D eigenvalue weighted by atomic mass is 9.67. The Bertz CT molecular complexity index is 766. The molecular formula is C27H32. The van der Waals surface area contributed by atoms with Gasteiger partial charge in [-0.05, 0) is 55.7 Å². The van der Waals surface area contributed by atoms with Gasteiger partial charge in [0.15, 0.2) is 0 Å². The van der Waals surface area contributed by atoms with Crippen LogP contribution in [-0.2, 0) is 5.41 Å². The molecule has 27 heavy (non-hydrogen) atoms. The van der Waals surface area contributed by atoms with Crippen LogP contribution in [0.3, 0.4) is 0 Å². The average Bonchev–Trinajstić information content (AvgIpc) is 2.73. The number of terminal acetylenes is 1. The monoisotopic (exact) mass is 356 g/mol. The summed E-state index contributed by atoms with van der Waals surface area (Å²) < 4.78 is 0. The Balaban J connectivity index is 1.69. The summed E-state index contributed by atoms with van der Waals surface area (Å²) >= 11 is 0. The van der Waals surface area contributed by atoms with Crippen LogP contribution in [0, 0.1) is 41.9 Å². The predicted octanol–water partition coefficient (Wildman–Crippen LogP) is 6.67. The Morgan fingerprint density at radius 3 is 2.41 bits per heavy atom. The van der Waals surface area contributed by atoms with Gasteiger partial charge in [-0.2, -0.15) is 0 Å². The summed E-state index contributed by atoms with van der Waals surface area (Å²) in [6.45, 7) is 4.50. The Morgan fingerprint density at radius 1 is 1.04 bits per heavy atom. The first kappa shape index (κ1) is 19.6. The highest BCUT2D eigenvalue weighted by Crippen LogP contribution is 2.38. The lowest BCUT2D eigenvalue weighted by Gasteiger charge is -2.34. The second-order valence-corrected chi connectivity index (χ2v) is 8.13. The molecule has 1 aromatic carbocycles. The van der Waals surface area contributed by atoms with Gasteiger partial charge < -0.3 is 0 Å². The molecule has 0 aliphatic heterocycles. The van der Waals surface area contributed by atoms with Gasteiger partial charge in [0, 0.05) is 17.4 Å². The van der Waals surface area contributed by atoms with Crippen LogP contribution < -0.4 is 0 Å². The molecule has 0 heterocycles. The van der Waals surface area contributed by atoms with Crippen molar-refractivity contribution in [2.24, 2.45) is 17.8 Å². The standard InChI is InChI=1S/C27H32/c1-4-9-22-11-13-23(14-12-22)15-16-24-17-19-26(20-18-24)27(6-3)21-8-7-10-25(27)5-2/h3,7-8,10,17-23,25H,4-5,9,11-14H2,1-2H3. The van der Waals surface area contributed by atoms with Crippen LogP contribution >= 0.6 is 0 Å². The van der Waals surface area contributed by atoms with Gasteiger partial charge in [0.2, 0.25) is 0 Å². The lowest BCUT2D eigenvalue weighted by Crippen LogP contribution is -2.31. The summed E-state index contributed by atoms with van der Waals surface area (Å²) in [5.41, 5.74) is 1.97. The SMILES string of the molecule is C#CC1(c2ccc(C#CC3CCC(CCC)CC3)cc2)C=CC=CC1CC. The number of hydrogen-bond donors (Lipinski definition) is 0. The third-order valence-electron chi connectivity index (χ3n) is 6.40. The van der Waals surface area contributed by atoms with E-state index >= 15 is 0 Å². The van der Waals surface area contributed by atoms with Crippen molar-refractivity contribution in [2.45, 2.75) is 64.2 Å². The molecule has 1 fully saturated rings. The maximum absolute atomic E-state index is 6.00. The maximum atomic E-state index is 6.00. The van der Waals surface area contributed by atoms with Gasteiger partial charge >= 0.3 is 0 Å². The van der Waals surface area contributed by atoms with E-state index in [0.717, 1.165) is 17.9 Å². The molecule has 0 N–H and O–H groups in total. The molecule has 1 saturated carbocycles. The number of rotatable bonds is 4. The van der Waals surface area contributed by atoms with E-state index in [1.54, 1.807) is 0 Å². The van der Waals surface area contributed by atoms with Crippen LogP contribution in [0.2, 0.25) is 0 Å². The van der Waals surface area contributed by atoms with Crippen molar-refractivity contribution < 1.29 is 0 Å². The molecule has 0 amide bonds. The van der Waals surface area contributed by atoms with Crippen molar-refractivity contribution in [3.63, 3.8) is 0 Å². The van der Waals surface area contributed by atoms with Gasteiger partial charge in [-0.25, -0.2) is 0 Å². The molecule has 140 valence electrons. The van der Waals surface area contributed by atoms with E-state index < -0.39 is 0 Å². The summed E-state index contributed by atoms with van der Waals surface area (Å²) in [6.07, 6.45) is 23.6. The minimum atomic E-state index is -0.326. The van der Waals surface area contributed by atoms with E-state index in [2.05, 4.69) is 80.2 Å². The number of allylic oxidation sites excluding steroid dienone is 4. The fourth-order valence-corrected chi connectivity index (χ4v) is 4.71. The summed E-state index contributed by atoms with van der Waals surface area (Å²) in [7, 11) is 0. The van der Waals surface area contributed by atoms with E-state index in [1.165, 1.54) is 44.1 Å². The van der Waals surface area contributed by atoms with E-state index in [0.29, 0.717) is 11.8 Å². The normalized spacial score (nSPS) is 29.6. The van der Waals surface area contributed by atoms with Gasteiger partial charge in [-0.15, -0.1) is 6.42 Å². The Hall–Kier alpha value is -2.18. The van der Waals surface area contributed by atoms with Gasteiger partial charge in [0.1, 0.15) is 0 Å². The highest BCUT2D eigenvalue weighted by atomic mass is 14.4.